The zero-order valence-corrected chi connectivity index (χ0v) is 13.7. The van der Waals surface area contributed by atoms with Gasteiger partial charge in [-0.25, -0.2) is 0 Å². The maximum Gasteiger partial charge on any atom is 0.573 e. The molecule has 1 saturated heterocycles. The number of nitrogens with one attached hydrogen (secondary N) is 1. The fraction of sp³-hybridized carbons (Fsp3) is 0.647. The summed E-state index contributed by atoms with van der Waals surface area (Å²) < 4.78 is 46.7. The van der Waals surface area contributed by atoms with E-state index in [4.69, 9.17) is 4.74 Å². The normalized spacial score (nSPS) is 21.2. The molecule has 0 radical (unpaired) electrons. The Morgan fingerprint density at radius 1 is 1.21 bits per heavy atom. The molecule has 0 unspecified atom stereocenters. The first-order chi connectivity index (χ1) is 11.5. The SMILES string of the molecule is COc1cc(OC(F)(F)F)ccc1[C@@H](C1CCC1)N1CCNCC1. The van der Waals surface area contributed by atoms with Crippen molar-refractivity contribution in [2.24, 2.45) is 5.92 Å². The third kappa shape index (κ3) is 3.95. The molecule has 1 aromatic rings. The van der Waals surface area contributed by atoms with Gasteiger partial charge in [0.25, 0.3) is 0 Å². The summed E-state index contributed by atoms with van der Waals surface area (Å²) in [6.45, 7) is 3.73. The van der Waals surface area contributed by atoms with Gasteiger partial charge in [-0.05, 0) is 24.8 Å². The number of hydrogen-bond acceptors (Lipinski definition) is 4. The summed E-state index contributed by atoms with van der Waals surface area (Å²) in [5, 5.41) is 3.34. The van der Waals surface area contributed by atoms with E-state index in [2.05, 4.69) is 15.0 Å². The molecule has 0 amide bonds. The Kier molecular flexibility index (Phi) is 5.20. The molecule has 1 aliphatic heterocycles. The lowest BCUT2D eigenvalue weighted by atomic mass is 9.76. The van der Waals surface area contributed by atoms with E-state index in [1.165, 1.54) is 25.7 Å². The Labute approximate surface area is 139 Å². The molecule has 4 nitrogen and oxygen atoms in total. The predicted molar refractivity (Wildman–Crippen MR) is 84.2 cm³/mol. The topological polar surface area (TPSA) is 33.7 Å². The average Bonchev–Trinajstić information content (AvgIpc) is 2.50. The van der Waals surface area contributed by atoms with Crippen LogP contribution in [-0.4, -0.2) is 44.6 Å². The van der Waals surface area contributed by atoms with E-state index in [0.717, 1.165) is 44.6 Å². The van der Waals surface area contributed by atoms with Gasteiger partial charge in [0.1, 0.15) is 11.5 Å². The van der Waals surface area contributed by atoms with Gasteiger partial charge in [0.05, 0.1) is 7.11 Å². The van der Waals surface area contributed by atoms with Crippen LogP contribution >= 0.6 is 0 Å². The second-order valence-electron chi connectivity index (χ2n) is 6.37. The van der Waals surface area contributed by atoms with Gasteiger partial charge < -0.3 is 14.8 Å². The monoisotopic (exact) mass is 344 g/mol. The van der Waals surface area contributed by atoms with E-state index in [1.807, 2.05) is 0 Å². The number of methoxy groups -OCH3 is 1. The fourth-order valence-corrected chi connectivity index (χ4v) is 3.60. The second kappa shape index (κ2) is 7.19. The van der Waals surface area contributed by atoms with Crippen LogP contribution in [0.1, 0.15) is 30.9 Å². The number of halogens is 3. The van der Waals surface area contributed by atoms with E-state index in [0.29, 0.717) is 11.7 Å². The van der Waals surface area contributed by atoms with E-state index < -0.39 is 6.36 Å². The molecule has 1 atom stereocenters. The van der Waals surface area contributed by atoms with Crippen LogP contribution in [0.4, 0.5) is 13.2 Å². The molecule has 1 N–H and O–H groups in total. The number of hydrogen-bond donors (Lipinski definition) is 1. The molecule has 0 spiro atoms. The second-order valence-corrected chi connectivity index (χ2v) is 6.37. The van der Waals surface area contributed by atoms with Crippen molar-refractivity contribution in [3.8, 4) is 11.5 Å². The number of alkyl halides is 3. The summed E-state index contributed by atoms with van der Waals surface area (Å²) in [7, 11) is 1.49. The highest BCUT2D eigenvalue weighted by Gasteiger charge is 2.36. The average molecular weight is 344 g/mol. The molecule has 24 heavy (non-hydrogen) atoms. The van der Waals surface area contributed by atoms with Crippen molar-refractivity contribution in [3.63, 3.8) is 0 Å². The van der Waals surface area contributed by atoms with Crippen molar-refractivity contribution >= 4 is 0 Å². The minimum absolute atomic E-state index is 0.190. The lowest BCUT2D eigenvalue weighted by molar-refractivity contribution is -0.274. The quantitative estimate of drug-likeness (QED) is 0.888. The Balaban J connectivity index is 1.88. The molecular formula is C17H23F3N2O2. The first-order valence-corrected chi connectivity index (χ1v) is 8.36. The Morgan fingerprint density at radius 3 is 2.46 bits per heavy atom. The molecule has 0 bridgehead atoms. The highest BCUT2D eigenvalue weighted by molar-refractivity contribution is 5.43. The molecule has 1 saturated carbocycles. The summed E-state index contributed by atoms with van der Waals surface area (Å²) in [6.07, 6.45) is -1.18. The number of piperazine rings is 1. The molecule has 0 aromatic heterocycles. The zero-order valence-electron chi connectivity index (χ0n) is 13.7. The predicted octanol–water partition coefficient (Wildman–Crippen LogP) is 3.34. The Bertz CT molecular complexity index is 555. The molecule has 3 rings (SSSR count). The van der Waals surface area contributed by atoms with Crippen LogP contribution < -0.4 is 14.8 Å². The number of nitrogens with zero attached hydrogens (tertiary/aromatic N) is 1. The van der Waals surface area contributed by atoms with Crippen molar-refractivity contribution in [1.29, 1.82) is 0 Å². The van der Waals surface area contributed by atoms with E-state index in [1.54, 1.807) is 6.07 Å². The Hall–Kier alpha value is -1.47. The van der Waals surface area contributed by atoms with Crippen molar-refractivity contribution < 1.29 is 22.6 Å². The molecule has 2 fully saturated rings. The van der Waals surface area contributed by atoms with Crippen LogP contribution in [0.5, 0.6) is 11.5 Å². The smallest absolute Gasteiger partial charge is 0.496 e. The van der Waals surface area contributed by atoms with E-state index in [9.17, 15) is 13.2 Å². The highest BCUT2D eigenvalue weighted by atomic mass is 19.4. The van der Waals surface area contributed by atoms with Gasteiger partial charge in [-0.15, -0.1) is 13.2 Å². The first-order valence-electron chi connectivity index (χ1n) is 8.36. The van der Waals surface area contributed by atoms with Gasteiger partial charge >= 0.3 is 6.36 Å². The Morgan fingerprint density at radius 2 is 1.92 bits per heavy atom. The van der Waals surface area contributed by atoms with Crippen LogP contribution in [0.2, 0.25) is 0 Å². The van der Waals surface area contributed by atoms with Crippen LogP contribution in [0, 0.1) is 5.92 Å². The lowest BCUT2D eigenvalue weighted by Gasteiger charge is -2.43. The summed E-state index contributed by atoms with van der Waals surface area (Å²) in [5.41, 5.74) is 0.957. The number of ether oxygens (including phenoxy) is 2. The molecule has 7 heteroatoms. The van der Waals surface area contributed by atoms with E-state index in [-0.39, 0.29) is 11.8 Å². The van der Waals surface area contributed by atoms with E-state index >= 15 is 0 Å². The minimum atomic E-state index is -4.70. The fourth-order valence-electron chi connectivity index (χ4n) is 3.60. The largest absolute Gasteiger partial charge is 0.573 e. The molecule has 1 aromatic carbocycles. The number of benzene rings is 1. The molecular weight excluding hydrogens is 321 g/mol. The van der Waals surface area contributed by atoms with Crippen molar-refractivity contribution in [1.82, 2.24) is 10.2 Å². The summed E-state index contributed by atoms with van der Waals surface area (Å²) >= 11 is 0. The number of rotatable bonds is 5. The molecule has 1 aliphatic carbocycles. The van der Waals surface area contributed by atoms with Crippen molar-refractivity contribution in [2.75, 3.05) is 33.3 Å². The first kappa shape index (κ1) is 17.4. The summed E-state index contributed by atoms with van der Waals surface area (Å²) in [6, 6.07) is 4.65. The molecule has 134 valence electrons. The minimum Gasteiger partial charge on any atom is -0.496 e. The summed E-state index contributed by atoms with van der Waals surface area (Å²) in [4.78, 5) is 2.42. The molecule has 1 heterocycles. The van der Waals surface area contributed by atoms with Crippen molar-refractivity contribution in [3.05, 3.63) is 23.8 Å². The maximum atomic E-state index is 12.4. The zero-order chi connectivity index (χ0) is 17.2. The van der Waals surface area contributed by atoms with Gasteiger partial charge in [0.2, 0.25) is 0 Å². The van der Waals surface area contributed by atoms with Crippen LogP contribution in [0.15, 0.2) is 18.2 Å². The molecule has 2 aliphatic rings. The lowest BCUT2D eigenvalue weighted by Crippen LogP contribution is -2.47. The van der Waals surface area contributed by atoms with Crippen LogP contribution in [-0.2, 0) is 0 Å². The summed E-state index contributed by atoms with van der Waals surface area (Å²) in [5.74, 6) is 0.759. The van der Waals surface area contributed by atoms with Gasteiger partial charge in [-0.2, -0.15) is 0 Å². The highest BCUT2D eigenvalue weighted by Crippen LogP contribution is 2.45. The third-order valence-corrected chi connectivity index (χ3v) is 4.90. The standard InChI is InChI=1S/C17H23F3N2O2/c1-23-15-11-13(24-17(18,19)20)5-6-14(15)16(12-3-2-4-12)22-9-7-21-8-10-22/h5-6,11-12,16,21H,2-4,7-10H2,1H3/t16-/m1/s1. The third-order valence-electron chi connectivity index (χ3n) is 4.90. The van der Waals surface area contributed by atoms with Crippen LogP contribution in [0.3, 0.4) is 0 Å². The van der Waals surface area contributed by atoms with Gasteiger partial charge in [-0.3, -0.25) is 4.90 Å². The van der Waals surface area contributed by atoms with Crippen LogP contribution in [0.25, 0.3) is 0 Å². The maximum absolute atomic E-state index is 12.4. The van der Waals surface area contributed by atoms with Gasteiger partial charge in [-0.1, -0.05) is 12.5 Å². The van der Waals surface area contributed by atoms with Crippen molar-refractivity contribution in [2.45, 2.75) is 31.7 Å². The van der Waals surface area contributed by atoms with Gasteiger partial charge in [0, 0.05) is 43.9 Å². The van der Waals surface area contributed by atoms with Gasteiger partial charge in [0.15, 0.2) is 0 Å².